The summed E-state index contributed by atoms with van der Waals surface area (Å²) in [5.41, 5.74) is 4.98. The smallest absolute Gasteiger partial charge is 0.145 e. The lowest BCUT2D eigenvalue weighted by atomic mass is 10.0. The van der Waals surface area contributed by atoms with Crippen LogP contribution in [0.3, 0.4) is 0 Å². The minimum atomic E-state index is -0.298. The zero-order valence-electron chi connectivity index (χ0n) is 15.8. The van der Waals surface area contributed by atoms with Crippen molar-refractivity contribution >= 4 is 12.4 Å². The van der Waals surface area contributed by atoms with Crippen molar-refractivity contribution < 1.29 is 4.39 Å². The number of halogens is 1. The van der Waals surface area contributed by atoms with Crippen molar-refractivity contribution in [1.29, 1.82) is 0 Å². The van der Waals surface area contributed by atoms with Crippen LogP contribution >= 0.6 is 0 Å². The summed E-state index contributed by atoms with van der Waals surface area (Å²) in [7, 11) is 0. The average Bonchev–Trinajstić information content (AvgIpc) is 2.68. The molecule has 0 bridgehead atoms. The molecule has 0 radical (unpaired) electrons. The number of nitrogens with one attached hydrogen (secondary N) is 3. The maximum absolute atomic E-state index is 14.3. The van der Waals surface area contributed by atoms with Gasteiger partial charge in [0.15, 0.2) is 0 Å². The van der Waals surface area contributed by atoms with Gasteiger partial charge in [-0.1, -0.05) is 6.08 Å². The second kappa shape index (κ2) is 9.32. The third-order valence-corrected chi connectivity index (χ3v) is 4.74. The Morgan fingerprint density at radius 2 is 2.15 bits per heavy atom. The van der Waals surface area contributed by atoms with E-state index in [1.54, 1.807) is 6.08 Å². The van der Waals surface area contributed by atoms with Gasteiger partial charge in [-0.3, -0.25) is 9.98 Å². The molecular weight excluding hydrogens is 343 g/mol. The summed E-state index contributed by atoms with van der Waals surface area (Å²) in [5.74, 6) is -0.298. The van der Waals surface area contributed by atoms with E-state index in [1.165, 1.54) is 23.7 Å². The molecule has 3 aliphatic rings. The predicted molar refractivity (Wildman–Crippen MR) is 109 cm³/mol. The second-order valence-electron chi connectivity index (χ2n) is 6.69. The summed E-state index contributed by atoms with van der Waals surface area (Å²) in [4.78, 5) is 10.1. The fourth-order valence-corrected chi connectivity index (χ4v) is 3.39. The van der Waals surface area contributed by atoms with Crippen molar-refractivity contribution in [1.82, 2.24) is 20.9 Å². The van der Waals surface area contributed by atoms with Crippen LogP contribution in [0, 0.1) is 0 Å². The third kappa shape index (κ3) is 4.95. The molecule has 0 aromatic carbocycles. The molecule has 1 saturated heterocycles. The van der Waals surface area contributed by atoms with E-state index in [0.717, 1.165) is 44.0 Å². The number of dihydropyridines is 1. The second-order valence-corrected chi connectivity index (χ2v) is 6.69. The number of hydrogen-bond donors (Lipinski definition) is 3. The molecule has 0 spiro atoms. The van der Waals surface area contributed by atoms with Crippen LogP contribution in [0.4, 0.5) is 4.39 Å². The van der Waals surface area contributed by atoms with Gasteiger partial charge in [-0.15, -0.1) is 0 Å². The minimum Gasteiger partial charge on any atom is -0.385 e. The van der Waals surface area contributed by atoms with Crippen LogP contribution in [0.5, 0.6) is 0 Å². The van der Waals surface area contributed by atoms with Gasteiger partial charge in [-0.05, 0) is 30.9 Å². The first-order chi connectivity index (χ1) is 13.2. The Balaban J connectivity index is 1.64. The molecule has 2 aliphatic heterocycles. The van der Waals surface area contributed by atoms with Gasteiger partial charge in [0.2, 0.25) is 0 Å². The zero-order valence-corrected chi connectivity index (χ0v) is 15.8. The highest BCUT2D eigenvalue weighted by atomic mass is 19.1. The fraction of sp³-hybridized carbons (Fsp3) is 0.400. The summed E-state index contributed by atoms with van der Waals surface area (Å²) in [6, 6.07) is 0. The normalized spacial score (nSPS) is 22.4. The van der Waals surface area contributed by atoms with E-state index in [1.807, 2.05) is 12.3 Å². The molecule has 2 heterocycles. The molecule has 1 fully saturated rings. The molecule has 1 aliphatic carbocycles. The lowest BCUT2D eigenvalue weighted by Gasteiger charge is -2.36. The van der Waals surface area contributed by atoms with E-state index in [2.05, 4.69) is 44.5 Å². The largest absolute Gasteiger partial charge is 0.385 e. The Morgan fingerprint density at radius 3 is 2.89 bits per heavy atom. The molecule has 0 saturated carbocycles. The van der Waals surface area contributed by atoms with Crippen LogP contribution in [0.2, 0.25) is 0 Å². The van der Waals surface area contributed by atoms with Gasteiger partial charge in [-0.25, -0.2) is 4.39 Å². The molecule has 0 amide bonds. The number of allylic oxidation sites excluding steroid dienone is 2. The van der Waals surface area contributed by atoms with E-state index < -0.39 is 0 Å². The van der Waals surface area contributed by atoms with Crippen LogP contribution in [0.15, 0.2) is 69.1 Å². The first kappa shape index (κ1) is 19.1. The Morgan fingerprint density at radius 1 is 1.33 bits per heavy atom. The van der Waals surface area contributed by atoms with Crippen LogP contribution in [-0.2, 0) is 0 Å². The molecule has 3 N–H and O–H groups in total. The van der Waals surface area contributed by atoms with Gasteiger partial charge >= 0.3 is 0 Å². The van der Waals surface area contributed by atoms with Crippen LogP contribution in [0.1, 0.15) is 13.3 Å². The maximum atomic E-state index is 14.3. The van der Waals surface area contributed by atoms with Crippen LogP contribution in [-0.4, -0.2) is 56.6 Å². The van der Waals surface area contributed by atoms with Crippen molar-refractivity contribution in [3.63, 3.8) is 0 Å². The van der Waals surface area contributed by atoms with Gasteiger partial charge in [0.05, 0.1) is 17.1 Å². The highest BCUT2D eigenvalue weighted by Crippen LogP contribution is 2.22. The quantitative estimate of drug-likeness (QED) is 0.626. The summed E-state index contributed by atoms with van der Waals surface area (Å²) in [6.07, 6.45) is 8.93. The minimum absolute atomic E-state index is 0.298. The molecule has 27 heavy (non-hydrogen) atoms. The van der Waals surface area contributed by atoms with E-state index >= 15 is 0 Å². The number of hydrogen-bond acceptors (Lipinski definition) is 6. The zero-order chi connectivity index (χ0) is 19.1. The fourth-order valence-electron chi connectivity index (χ4n) is 3.39. The number of piperazine rings is 1. The standard InChI is InChI=1S/C20H27FN6/c1-15-12-24-14-19(20(15)27-9-7-23-8-10-27)26-13-16-3-4-18(17(21)11-16)25-6-5-22-2/h3,5-6,11,14,23-24,26H,2,4,7-10,12-13H2,1H3/b6-5-,25-18?. The topological polar surface area (TPSA) is 64.0 Å². The first-order valence-electron chi connectivity index (χ1n) is 9.26. The monoisotopic (exact) mass is 370 g/mol. The molecule has 0 aromatic rings. The third-order valence-electron chi connectivity index (χ3n) is 4.74. The number of aliphatic imine (C=N–C) groups is 2. The first-order valence-corrected chi connectivity index (χ1v) is 9.26. The molecule has 6 nitrogen and oxygen atoms in total. The summed E-state index contributed by atoms with van der Waals surface area (Å²) in [5, 5.41) is 10.2. The Bertz CT molecular complexity index is 750. The molecule has 3 rings (SSSR count). The SMILES string of the molecule is C=N/C=C\N=C1CC=C(CNC2=CNCC(C)=C2N2CCNCC2)C=C1F. The Labute approximate surface area is 160 Å². The highest BCUT2D eigenvalue weighted by Gasteiger charge is 2.21. The predicted octanol–water partition coefficient (Wildman–Crippen LogP) is 2.00. The maximum Gasteiger partial charge on any atom is 0.145 e. The highest BCUT2D eigenvalue weighted by molar-refractivity contribution is 6.01. The van der Waals surface area contributed by atoms with Gasteiger partial charge < -0.3 is 20.9 Å². The molecule has 144 valence electrons. The Kier molecular flexibility index (Phi) is 6.59. The van der Waals surface area contributed by atoms with Crippen molar-refractivity contribution in [2.24, 2.45) is 9.98 Å². The van der Waals surface area contributed by atoms with Crippen molar-refractivity contribution in [3.8, 4) is 0 Å². The lowest BCUT2D eigenvalue weighted by Crippen LogP contribution is -2.45. The van der Waals surface area contributed by atoms with E-state index in [4.69, 9.17) is 0 Å². The lowest BCUT2D eigenvalue weighted by molar-refractivity contribution is 0.296. The number of nitrogens with zero attached hydrogens (tertiary/aromatic N) is 3. The summed E-state index contributed by atoms with van der Waals surface area (Å²) in [6.45, 7) is 10.9. The molecule has 0 unspecified atom stereocenters. The van der Waals surface area contributed by atoms with Crippen molar-refractivity contribution in [2.45, 2.75) is 13.3 Å². The van der Waals surface area contributed by atoms with Gasteiger partial charge in [0, 0.05) is 64.3 Å². The molecular formula is C20H27FN6. The van der Waals surface area contributed by atoms with Crippen molar-refractivity contribution in [2.75, 3.05) is 39.3 Å². The number of rotatable bonds is 6. The van der Waals surface area contributed by atoms with Gasteiger partial charge in [0.1, 0.15) is 5.83 Å². The van der Waals surface area contributed by atoms with E-state index in [9.17, 15) is 4.39 Å². The van der Waals surface area contributed by atoms with Gasteiger partial charge in [0.25, 0.3) is 0 Å². The van der Waals surface area contributed by atoms with Crippen molar-refractivity contribution in [3.05, 3.63) is 59.1 Å². The van der Waals surface area contributed by atoms with Gasteiger partial charge in [-0.2, -0.15) is 0 Å². The molecule has 0 aromatic heterocycles. The summed E-state index contributed by atoms with van der Waals surface area (Å²) < 4.78 is 14.3. The van der Waals surface area contributed by atoms with E-state index in [-0.39, 0.29) is 5.83 Å². The van der Waals surface area contributed by atoms with Crippen LogP contribution < -0.4 is 16.0 Å². The molecule has 0 atom stereocenters. The van der Waals surface area contributed by atoms with E-state index in [0.29, 0.717) is 18.7 Å². The summed E-state index contributed by atoms with van der Waals surface area (Å²) >= 11 is 0. The average molecular weight is 370 g/mol. The Hall–Kier alpha value is -2.67. The molecule has 7 heteroatoms. The van der Waals surface area contributed by atoms with Crippen LogP contribution in [0.25, 0.3) is 0 Å².